The monoisotopic (exact) mass is 447 g/mol. The van der Waals surface area contributed by atoms with E-state index in [-0.39, 0.29) is 11.8 Å². The van der Waals surface area contributed by atoms with Gasteiger partial charge in [-0.25, -0.2) is 4.79 Å². The minimum atomic E-state index is -0.486. The van der Waals surface area contributed by atoms with E-state index in [9.17, 15) is 10.1 Å². The van der Waals surface area contributed by atoms with E-state index >= 15 is 0 Å². The lowest BCUT2D eigenvalue weighted by Gasteiger charge is -2.26. The molecule has 6 nitrogen and oxygen atoms in total. The highest BCUT2D eigenvalue weighted by atomic mass is 79.9. The summed E-state index contributed by atoms with van der Waals surface area (Å²) in [5.74, 6) is -0.0934. The van der Waals surface area contributed by atoms with Gasteiger partial charge in [-0.05, 0) is 48.0 Å². The molecule has 1 unspecified atom stereocenters. The molecule has 0 fully saturated rings. The van der Waals surface area contributed by atoms with E-state index in [1.165, 1.54) is 0 Å². The Labute approximate surface area is 175 Å². The van der Waals surface area contributed by atoms with Crippen LogP contribution < -0.4 is 15.2 Å². The molecule has 0 spiro atoms. The average molecular weight is 448 g/mol. The zero-order chi connectivity index (χ0) is 20.4. The molecule has 1 aliphatic rings. The van der Waals surface area contributed by atoms with Crippen LogP contribution in [0.1, 0.15) is 27.4 Å². The van der Waals surface area contributed by atoms with Gasteiger partial charge < -0.3 is 15.2 Å². The van der Waals surface area contributed by atoms with Crippen molar-refractivity contribution in [3.63, 3.8) is 0 Å². The maximum atomic E-state index is 12.4. The smallest absolute Gasteiger partial charge is 0.343 e. The topological polar surface area (TPSA) is 98.2 Å². The van der Waals surface area contributed by atoms with E-state index in [1.54, 1.807) is 54.9 Å². The number of ether oxygens (including phenoxy) is 2. The summed E-state index contributed by atoms with van der Waals surface area (Å²) in [5, 5.41) is 9.58. The molecular weight excluding hydrogens is 434 g/mol. The molecule has 7 heteroatoms. The molecular formula is C22H14BrN3O3. The van der Waals surface area contributed by atoms with Crippen LogP contribution in [-0.4, -0.2) is 11.0 Å². The average Bonchev–Trinajstić information content (AvgIpc) is 2.73. The van der Waals surface area contributed by atoms with E-state index in [0.29, 0.717) is 22.6 Å². The molecule has 3 aromatic rings. The van der Waals surface area contributed by atoms with Gasteiger partial charge in [0.2, 0.25) is 5.88 Å². The number of hydrogen-bond acceptors (Lipinski definition) is 6. The molecule has 142 valence electrons. The molecule has 0 bridgehead atoms. The summed E-state index contributed by atoms with van der Waals surface area (Å²) in [7, 11) is 0. The number of aromatic nitrogens is 1. The van der Waals surface area contributed by atoms with E-state index < -0.39 is 5.97 Å². The lowest BCUT2D eigenvalue weighted by Crippen LogP contribution is -2.21. The van der Waals surface area contributed by atoms with Crippen LogP contribution in [0.4, 0.5) is 0 Å². The van der Waals surface area contributed by atoms with E-state index in [1.807, 2.05) is 12.1 Å². The molecule has 4 rings (SSSR count). The van der Waals surface area contributed by atoms with Gasteiger partial charge in [-0.2, -0.15) is 5.26 Å². The van der Waals surface area contributed by atoms with Gasteiger partial charge in [0.25, 0.3) is 0 Å². The van der Waals surface area contributed by atoms with Gasteiger partial charge in [-0.15, -0.1) is 0 Å². The Bertz CT molecular complexity index is 1150. The Kier molecular flexibility index (Phi) is 5.02. The third-order valence-electron chi connectivity index (χ3n) is 4.52. The van der Waals surface area contributed by atoms with Gasteiger partial charge in [-0.1, -0.05) is 22.0 Å². The van der Waals surface area contributed by atoms with E-state index in [4.69, 9.17) is 15.2 Å². The van der Waals surface area contributed by atoms with Crippen LogP contribution in [-0.2, 0) is 0 Å². The SMILES string of the molecule is N#CC1=C(N)Oc2cc(OC(=O)c3ccc(Br)cc3)ccc2C1c1ccncc1. The van der Waals surface area contributed by atoms with Crippen molar-refractivity contribution in [2.45, 2.75) is 5.92 Å². The first-order valence-corrected chi connectivity index (χ1v) is 9.45. The Balaban J connectivity index is 1.68. The molecule has 0 saturated carbocycles. The zero-order valence-corrected chi connectivity index (χ0v) is 16.6. The van der Waals surface area contributed by atoms with Gasteiger partial charge in [0, 0.05) is 28.5 Å². The molecule has 0 aliphatic carbocycles. The van der Waals surface area contributed by atoms with Crippen LogP contribution in [0.5, 0.6) is 11.5 Å². The standard InChI is InChI=1S/C22H14BrN3O3/c23-15-3-1-14(2-4-15)22(27)28-16-5-6-17-19(11-16)29-21(25)18(12-24)20(17)13-7-9-26-10-8-13/h1-11,20H,25H2. The number of esters is 1. The summed E-state index contributed by atoms with van der Waals surface area (Å²) in [6, 6.07) is 17.7. The second-order valence-electron chi connectivity index (χ2n) is 6.30. The number of nitriles is 1. The largest absolute Gasteiger partial charge is 0.440 e. The molecule has 1 aliphatic heterocycles. The molecule has 1 aromatic heterocycles. The number of fused-ring (bicyclic) bond motifs is 1. The van der Waals surface area contributed by atoms with Crippen molar-refractivity contribution < 1.29 is 14.3 Å². The Morgan fingerprint density at radius 3 is 2.55 bits per heavy atom. The Morgan fingerprint density at radius 1 is 1.14 bits per heavy atom. The molecule has 2 N–H and O–H groups in total. The van der Waals surface area contributed by atoms with Crippen LogP contribution in [0.3, 0.4) is 0 Å². The van der Waals surface area contributed by atoms with Crippen LogP contribution in [0.25, 0.3) is 0 Å². The number of pyridine rings is 1. The van der Waals surface area contributed by atoms with Crippen molar-refractivity contribution in [3.8, 4) is 17.6 Å². The maximum absolute atomic E-state index is 12.4. The number of carbonyl (C=O) groups is 1. The number of allylic oxidation sites excluding steroid dienone is 1. The van der Waals surface area contributed by atoms with Crippen molar-refractivity contribution >= 4 is 21.9 Å². The predicted molar refractivity (Wildman–Crippen MR) is 109 cm³/mol. The molecule has 0 saturated heterocycles. The lowest BCUT2D eigenvalue weighted by atomic mass is 9.84. The van der Waals surface area contributed by atoms with Gasteiger partial charge >= 0.3 is 5.97 Å². The first kappa shape index (κ1) is 18.7. The molecule has 0 radical (unpaired) electrons. The Morgan fingerprint density at radius 2 is 1.86 bits per heavy atom. The summed E-state index contributed by atoms with van der Waals surface area (Å²) in [5.41, 5.74) is 8.36. The molecule has 2 heterocycles. The summed E-state index contributed by atoms with van der Waals surface area (Å²) in [6.45, 7) is 0. The zero-order valence-electron chi connectivity index (χ0n) is 15.0. The lowest BCUT2D eigenvalue weighted by molar-refractivity contribution is 0.0734. The quantitative estimate of drug-likeness (QED) is 0.475. The van der Waals surface area contributed by atoms with Crippen LogP contribution >= 0.6 is 15.9 Å². The fraction of sp³-hybridized carbons (Fsp3) is 0.0455. The molecule has 0 amide bonds. The van der Waals surface area contributed by atoms with Crippen LogP contribution in [0, 0.1) is 11.3 Å². The number of hydrogen-bond donors (Lipinski definition) is 1. The number of halogens is 1. The van der Waals surface area contributed by atoms with Crippen molar-refractivity contribution in [1.29, 1.82) is 5.26 Å². The molecule has 2 aromatic carbocycles. The fourth-order valence-corrected chi connectivity index (χ4v) is 3.41. The van der Waals surface area contributed by atoms with Gasteiger partial charge in [0.15, 0.2) is 0 Å². The van der Waals surface area contributed by atoms with Gasteiger partial charge in [-0.3, -0.25) is 4.98 Å². The normalized spacial score (nSPS) is 15.1. The predicted octanol–water partition coefficient (Wildman–Crippen LogP) is 4.28. The number of nitrogens with two attached hydrogens (primary N) is 1. The van der Waals surface area contributed by atoms with E-state index in [0.717, 1.165) is 15.6 Å². The highest BCUT2D eigenvalue weighted by molar-refractivity contribution is 9.10. The number of benzene rings is 2. The highest BCUT2D eigenvalue weighted by Crippen LogP contribution is 2.43. The summed E-state index contributed by atoms with van der Waals surface area (Å²) >= 11 is 3.33. The van der Waals surface area contributed by atoms with Gasteiger partial charge in [0.1, 0.15) is 23.1 Å². The van der Waals surface area contributed by atoms with Crippen molar-refractivity contribution in [2.75, 3.05) is 0 Å². The maximum Gasteiger partial charge on any atom is 0.343 e. The second kappa shape index (κ2) is 7.78. The summed E-state index contributed by atoms with van der Waals surface area (Å²) in [6.07, 6.45) is 3.31. The van der Waals surface area contributed by atoms with Crippen molar-refractivity contribution in [1.82, 2.24) is 4.98 Å². The van der Waals surface area contributed by atoms with Crippen LogP contribution in [0.15, 0.2) is 82.9 Å². The van der Waals surface area contributed by atoms with Gasteiger partial charge in [0.05, 0.1) is 11.5 Å². The molecule has 29 heavy (non-hydrogen) atoms. The Hall–Kier alpha value is -3.63. The third kappa shape index (κ3) is 3.71. The molecule has 1 atom stereocenters. The third-order valence-corrected chi connectivity index (χ3v) is 5.05. The summed E-state index contributed by atoms with van der Waals surface area (Å²) < 4.78 is 12.0. The first-order chi connectivity index (χ1) is 14.1. The first-order valence-electron chi connectivity index (χ1n) is 8.66. The second-order valence-corrected chi connectivity index (χ2v) is 7.22. The summed E-state index contributed by atoms with van der Waals surface area (Å²) in [4.78, 5) is 16.4. The van der Waals surface area contributed by atoms with Crippen molar-refractivity contribution in [3.05, 3.63) is 99.6 Å². The number of carbonyl (C=O) groups excluding carboxylic acids is 1. The van der Waals surface area contributed by atoms with Crippen LogP contribution in [0.2, 0.25) is 0 Å². The minimum Gasteiger partial charge on any atom is -0.440 e. The number of rotatable bonds is 3. The minimum absolute atomic E-state index is 0.0261. The fourth-order valence-electron chi connectivity index (χ4n) is 3.15. The number of nitrogens with zero attached hydrogens (tertiary/aromatic N) is 2. The highest BCUT2D eigenvalue weighted by Gasteiger charge is 2.31. The van der Waals surface area contributed by atoms with Crippen molar-refractivity contribution in [2.24, 2.45) is 5.73 Å². The van der Waals surface area contributed by atoms with E-state index in [2.05, 4.69) is 27.0 Å².